The third-order valence-corrected chi connectivity index (χ3v) is 1.56. The summed E-state index contributed by atoms with van der Waals surface area (Å²) in [6, 6.07) is 0. The van der Waals surface area contributed by atoms with E-state index >= 15 is 0 Å². The summed E-state index contributed by atoms with van der Waals surface area (Å²) in [6.45, 7) is 2.84. The van der Waals surface area contributed by atoms with Crippen LogP contribution in [0.3, 0.4) is 0 Å². The van der Waals surface area contributed by atoms with Crippen LogP contribution in [0.1, 0.15) is 13.8 Å². The fraction of sp³-hybridized carbons (Fsp3) is 0.556. The van der Waals surface area contributed by atoms with E-state index in [4.69, 9.17) is 10.5 Å². The lowest BCUT2D eigenvalue weighted by Gasteiger charge is -2.08. The number of rotatable bonds is 5. The highest BCUT2D eigenvalue weighted by atomic mass is 16.6. The van der Waals surface area contributed by atoms with Crippen molar-refractivity contribution in [3.05, 3.63) is 6.33 Å². The second-order valence-electron chi connectivity index (χ2n) is 3.50. The Morgan fingerprint density at radius 3 is 2.71 bits per heavy atom. The molecule has 0 aliphatic carbocycles. The molecule has 0 spiro atoms. The summed E-state index contributed by atoms with van der Waals surface area (Å²) in [5.41, 5.74) is 5.26. The molecule has 1 aromatic rings. The SMILES string of the molecule is CC(C)OC(=O)COC(=O)Cn1cnc(N)n1. The first-order chi connectivity index (χ1) is 7.97. The van der Waals surface area contributed by atoms with Crippen LogP contribution in [0.15, 0.2) is 6.33 Å². The van der Waals surface area contributed by atoms with Gasteiger partial charge in [-0.3, -0.25) is 4.79 Å². The zero-order chi connectivity index (χ0) is 12.8. The average molecular weight is 242 g/mol. The van der Waals surface area contributed by atoms with Gasteiger partial charge < -0.3 is 15.2 Å². The van der Waals surface area contributed by atoms with E-state index in [0.717, 1.165) is 0 Å². The molecule has 1 heterocycles. The second-order valence-corrected chi connectivity index (χ2v) is 3.50. The molecular formula is C9H14N4O4. The lowest BCUT2D eigenvalue weighted by molar-refractivity contribution is -0.161. The molecule has 1 aromatic heterocycles. The normalized spacial score (nSPS) is 10.3. The molecule has 0 aromatic carbocycles. The minimum absolute atomic E-state index is 0.0667. The maximum Gasteiger partial charge on any atom is 0.344 e. The molecule has 0 aliphatic heterocycles. The Kier molecular flexibility index (Phi) is 4.44. The van der Waals surface area contributed by atoms with Gasteiger partial charge in [0.1, 0.15) is 12.9 Å². The third-order valence-electron chi connectivity index (χ3n) is 1.56. The third kappa shape index (κ3) is 4.96. The number of nitrogens with zero attached hydrogens (tertiary/aromatic N) is 3. The quantitative estimate of drug-likeness (QED) is 0.683. The van der Waals surface area contributed by atoms with Gasteiger partial charge in [0.25, 0.3) is 0 Å². The fourth-order valence-corrected chi connectivity index (χ4v) is 0.999. The summed E-state index contributed by atoms with van der Waals surface area (Å²) < 4.78 is 10.7. The maximum absolute atomic E-state index is 11.3. The molecule has 0 aliphatic rings. The van der Waals surface area contributed by atoms with Crippen LogP contribution in [0.5, 0.6) is 0 Å². The van der Waals surface area contributed by atoms with E-state index < -0.39 is 18.5 Å². The number of hydrogen-bond donors (Lipinski definition) is 1. The molecule has 0 bridgehead atoms. The van der Waals surface area contributed by atoms with E-state index in [2.05, 4.69) is 14.8 Å². The first-order valence-corrected chi connectivity index (χ1v) is 4.97. The van der Waals surface area contributed by atoms with Crippen molar-refractivity contribution < 1.29 is 19.1 Å². The zero-order valence-electron chi connectivity index (χ0n) is 9.62. The topological polar surface area (TPSA) is 109 Å². The van der Waals surface area contributed by atoms with Gasteiger partial charge >= 0.3 is 11.9 Å². The number of anilines is 1. The fourth-order valence-electron chi connectivity index (χ4n) is 0.999. The van der Waals surface area contributed by atoms with Gasteiger partial charge in [-0.1, -0.05) is 0 Å². The largest absolute Gasteiger partial charge is 0.460 e. The molecule has 0 atom stereocenters. The van der Waals surface area contributed by atoms with Crippen LogP contribution in [-0.4, -0.2) is 39.4 Å². The molecule has 94 valence electrons. The minimum Gasteiger partial charge on any atom is -0.460 e. The minimum atomic E-state index is -0.615. The number of ether oxygens (including phenoxy) is 2. The molecule has 0 fully saturated rings. The molecule has 0 saturated heterocycles. The highest BCUT2D eigenvalue weighted by molar-refractivity contribution is 5.76. The highest BCUT2D eigenvalue weighted by Crippen LogP contribution is 1.93. The Morgan fingerprint density at radius 2 is 2.18 bits per heavy atom. The van der Waals surface area contributed by atoms with Crippen molar-refractivity contribution in [1.29, 1.82) is 0 Å². The van der Waals surface area contributed by atoms with Crippen molar-refractivity contribution in [2.45, 2.75) is 26.5 Å². The Morgan fingerprint density at radius 1 is 1.47 bits per heavy atom. The molecular weight excluding hydrogens is 228 g/mol. The Balaban J connectivity index is 2.28. The first kappa shape index (κ1) is 12.9. The van der Waals surface area contributed by atoms with Crippen molar-refractivity contribution in [3.63, 3.8) is 0 Å². The number of aromatic nitrogens is 3. The van der Waals surface area contributed by atoms with Crippen molar-refractivity contribution in [3.8, 4) is 0 Å². The monoisotopic (exact) mass is 242 g/mol. The van der Waals surface area contributed by atoms with E-state index in [1.807, 2.05) is 0 Å². The summed E-state index contributed by atoms with van der Waals surface area (Å²) in [7, 11) is 0. The van der Waals surface area contributed by atoms with Gasteiger partial charge in [0.05, 0.1) is 6.10 Å². The summed E-state index contributed by atoms with van der Waals surface area (Å²) in [4.78, 5) is 25.9. The highest BCUT2D eigenvalue weighted by Gasteiger charge is 2.11. The van der Waals surface area contributed by atoms with Crippen LogP contribution in [-0.2, 0) is 25.6 Å². The number of nitrogens with two attached hydrogens (primary N) is 1. The predicted octanol–water partition coefficient (Wildman–Crippen LogP) is -0.645. The van der Waals surface area contributed by atoms with Crippen LogP contribution >= 0.6 is 0 Å². The number of carbonyl (C=O) groups excluding carboxylic acids is 2. The smallest absolute Gasteiger partial charge is 0.344 e. The van der Waals surface area contributed by atoms with Gasteiger partial charge in [-0.15, -0.1) is 5.10 Å². The summed E-state index contributed by atoms with van der Waals surface area (Å²) >= 11 is 0. The standard InChI is InChI=1S/C9H14N4O4/c1-6(2)17-8(15)4-16-7(14)3-13-5-11-9(10)12-13/h5-6H,3-4H2,1-2H3,(H2,10,12). The molecule has 0 unspecified atom stereocenters. The van der Waals surface area contributed by atoms with Crippen LogP contribution in [0.2, 0.25) is 0 Å². The van der Waals surface area contributed by atoms with Crippen LogP contribution in [0.4, 0.5) is 5.95 Å². The van der Waals surface area contributed by atoms with Gasteiger partial charge in [0.2, 0.25) is 5.95 Å². The number of nitrogen functional groups attached to an aromatic ring is 1. The zero-order valence-corrected chi connectivity index (χ0v) is 9.62. The van der Waals surface area contributed by atoms with Gasteiger partial charge in [-0.2, -0.15) is 0 Å². The summed E-state index contributed by atoms with van der Waals surface area (Å²) in [5.74, 6) is -1.14. The number of carbonyl (C=O) groups is 2. The molecule has 2 N–H and O–H groups in total. The van der Waals surface area contributed by atoms with Crippen LogP contribution in [0.25, 0.3) is 0 Å². The number of esters is 2. The maximum atomic E-state index is 11.3. The molecule has 1 rings (SSSR count). The molecule has 0 amide bonds. The Labute approximate surface area is 97.7 Å². The van der Waals surface area contributed by atoms with Crippen molar-refractivity contribution in [2.75, 3.05) is 12.3 Å². The van der Waals surface area contributed by atoms with E-state index in [1.165, 1.54) is 11.0 Å². The summed E-state index contributed by atoms with van der Waals surface area (Å²) in [6.07, 6.45) is 1.06. The first-order valence-electron chi connectivity index (χ1n) is 4.97. The van der Waals surface area contributed by atoms with Gasteiger partial charge in [-0.05, 0) is 13.8 Å². The lowest BCUT2D eigenvalue weighted by atomic mass is 10.5. The van der Waals surface area contributed by atoms with Crippen LogP contribution < -0.4 is 5.73 Å². The Bertz CT molecular complexity index is 401. The number of hydrogen-bond acceptors (Lipinski definition) is 7. The van der Waals surface area contributed by atoms with Crippen LogP contribution in [0, 0.1) is 0 Å². The molecule has 17 heavy (non-hydrogen) atoms. The molecule has 8 heteroatoms. The van der Waals surface area contributed by atoms with E-state index in [1.54, 1.807) is 13.8 Å². The summed E-state index contributed by atoms with van der Waals surface area (Å²) in [5, 5.41) is 3.69. The van der Waals surface area contributed by atoms with E-state index in [0.29, 0.717) is 0 Å². The van der Waals surface area contributed by atoms with E-state index in [9.17, 15) is 9.59 Å². The van der Waals surface area contributed by atoms with Crippen molar-refractivity contribution in [2.24, 2.45) is 0 Å². The van der Waals surface area contributed by atoms with Gasteiger partial charge in [-0.25, -0.2) is 14.5 Å². The lowest BCUT2D eigenvalue weighted by Crippen LogP contribution is -2.22. The second kappa shape index (κ2) is 5.83. The van der Waals surface area contributed by atoms with Gasteiger partial charge in [0, 0.05) is 0 Å². The van der Waals surface area contributed by atoms with Crippen molar-refractivity contribution in [1.82, 2.24) is 14.8 Å². The van der Waals surface area contributed by atoms with Gasteiger partial charge in [0.15, 0.2) is 6.61 Å². The molecule has 8 nitrogen and oxygen atoms in total. The predicted molar refractivity (Wildman–Crippen MR) is 56.6 cm³/mol. The average Bonchev–Trinajstić information content (AvgIpc) is 2.60. The Hall–Kier alpha value is -2.12. The van der Waals surface area contributed by atoms with Crippen molar-refractivity contribution >= 4 is 17.9 Å². The van der Waals surface area contributed by atoms with E-state index in [-0.39, 0.29) is 18.6 Å². The molecule has 0 radical (unpaired) electrons. The molecule has 0 saturated carbocycles.